The van der Waals surface area contributed by atoms with Gasteiger partial charge in [-0.05, 0) is 77.8 Å². The molecule has 0 spiro atoms. The Labute approximate surface area is 139 Å². The van der Waals surface area contributed by atoms with Gasteiger partial charge in [-0.3, -0.25) is 0 Å². The minimum absolute atomic E-state index is 0.317. The lowest BCUT2D eigenvalue weighted by atomic mass is 10.1. The number of rotatable bonds is 5. The van der Waals surface area contributed by atoms with Crippen LogP contribution in [0.5, 0.6) is 11.5 Å². The zero-order valence-corrected chi connectivity index (χ0v) is 14.8. The van der Waals surface area contributed by atoms with Gasteiger partial charge in [-0.2, -0.15) is 0 Å². The molecule has 4 heteroatoms. The molecule has 0 saturated carbocycles. The third kappa shape index (κ3) is 4.22. The summed E-state index contributed by atoms with van der Waals surface area (Å²) in [4.78, 5) is 0. The third-order valence-electron chi connectivity index (χ3n) is 3.32. The van der Waals surface area contributed by atoms with Crippen LogP contribution in [-0.4, -0.2) is 6.54 Å². The predicted octanol–water partition coefficient (Wildman–Crippen LogP) is 5.87. The molecule has 2 aromatic carbocycles. The van der Waals surface area contributed by atoms with Gasteiger partial charge < -0.3 is 10.1 Å². The van der Waals surface area contributed by atoms with E-state index >= 15 is 0 Å². The van der Waals surface area contributed by atoms with Crippen molar-refractivity contribution < 1.29 is 4.74 Å². The molecule has 2 rings (SSSR count). The van der Waals surface area contributed by atoms with Crippen molar-refractivity contribution in [2.45, 2.75) is 26.8 Å². The Bertz CT molecular complexity index is 630. The molecule has 0 aliphatic rings. The maximum absolute atomic E-state index is 5.96. The van der Waals surface area contributed by atoms with E-state index in [0.717, 1.165) is 28.1 Å². The predicted molar refractivity (Wildman–Crippen MR) is 92.5 cm³/mol. The van der Waals surface area contributed by atoms with Crippen molar-refractivity contribution in [2.24, 2.45) is 0 Å². The van der Waals surface area contributed by atoms with Crippen LogP contribution in [-0.2, 0) is 0 Å². The molecule has 0 radical (unpaired) electrons. The molecule has 2 aromatic rings. The summed E-state index contributed by atoms with van der Waals surface area (Å²) >= 11 is 9.55. The number of hydrogen-bond acceptors (Lipinski definition) is 2. The van der Waals surface area contributed by atoms with Crippen LogP contribution >= 0.6 is 27.5 Å². The molecule has 2 nitrogen and oxygen atoms in total. The van der Waals surface area contributed by atoms with E-state index in [0.29, 0.717) is 11.1 Å². The van der Waals surface area contributed by atoms with Crippen LogP contribution in [0.15, 0.2) is 40.9 Å². The van der Waals surface area contributed by atoms with E-state index in [-0.39, 0.29) is 0 Å². The maximum atomic E-state index is 5.96. The van der Waals surface area contributed by atoms with Crippen LogP contribution in [0.25, 0.3) is 0 Å². The Morgan fingerprint density at radius 1 is 1.19 bits per heavy atom. The Kier molecular flexibility index (Phi) is 5.68. The van der Waals surface area contributed by atoms with Gasteiger partial charge in [0.25, 0.3) is 0 Å². The number of halogens is 2. The number of hydrogen-bond donors (Lipinski definition) is 1. The van der Waals surface area contributed by atoms with Crippen molar-refractivity contribution in [3.63, 3.8) is 0 Å². The number of benzene rings is 2. The highest BCUT2D eigenvalue weighted by Gasteiger charge is 2.09. The second-order valence-electron chi connectivity index (χ2n) is 4.98. The smallest absolute Gasteiger partial charge is 0.141 e. The van der Waals surface area contributed by atoms with Crippen LogP contribution in [0, 0.1) is 6.92 Å². The van der Waals surface area contributed by atoms with Gasteiger partial charge in [-0.1, -0.05) is 24.6 Å². The Morgan fingerprint density at radius 3 is 2.52 bits per heavy atom. The van der Waals surface area contributed by atoms with E-state index in [9.17, 15) is 0 Å². The fourth-order valence-electron chi connectivity index (χ4n) is 2.14. The molecule has 0 aromatic heterocycles. The van der Waals surface area contributed by atoms with E-state index in [1.165, 1.54) is 5.56 Å². The first-order chi connectivity index (χ1) is 10.0. The largest absolute Gasteiger partial charge is 0.456 e. The fraction of sp³-hybridized carbons (Fsp3) is 0.294. The lowest BCUT2D eigenvalue weighted by molar-refractivity contribution is 0.475. The summed E-state index contributed by atoms with van der Waals surface area (Å²) < 4.78 is 6.91. The molecule has 0 heterocycles. The van der Waals surface area contributed by atoms with Crippen LogP contribution in [0.3, 0.4) is 0 Å². The van der Waals surface area contributed by atoms with Gasteiger partial charge in [0.15, 0.2) is 0 Å². The molecule has 0 aliphatic heterocycles. The lowest BCUT2D eigenvalue weighted by Gasteiger charge is -2.15. The topological polar surface area (TPSA) is 21.3 Å². The van der Waals surface area contributed by atoms with Crippen LogP contribution in [0.4, 0.5) is 0 Å². The van der Waals surface area contributed by atoms with Crippen LogP contribution in [0.2, 0.25) is 5.02 Å². The van der Waals surface area contributed by atoms with Gasteiger partial charge >= 0.3 is 0 Å². The molecule has 0 aliphatic carbocycles. The molecule has 0 fully saturated rings. The molecule has 0 amide bonds. The zero-order chi connectivity index (χ0) is 15.4. The van der Waals surface area contributed by atoms with Gasteiger partial charge in [0.2, 0.25) is 0 Å². The second kappa shape index (κ2) is 7.30. The molecule has 112 valence electrons. The summed E-state index contributed by atoms with van der Waals surface area (Å²) in [7, 11) is 0. The zero-order valence-electron chi connectivity index (χ0n) is 12.4. The van der Waals surface area contributed by atoms with Crippen molar-refractivity contribution in [1.29, 1.82) is 0 Å². The minimum Gasteiger partial charge on any atom is -0.456 e. The molecule has 21 heavy (non-hydrogen) atoms. The minimum atomic E-state index is 0.317. The summed E-state index contributed by atoms with van der Waals surface area (Å²) in [6.45, 7) is 7.18. The summed E-state index contributed by atoms with van der Waals surface area (Å²) in [6, 6.07) is 12.1. The van der Waals surface area contributed by atoms with Crippen molar-refractivity contribution in [1.82, 2.24) is 5.32 Å². The normalized spacial score (nSPS) is 12.2. The fourth-order valence-corrected chi connectivity index (χ4v) is 2.84. The van der Waals surface area contributed by atoms with Crippen molar-refractivity contribution in [3.05, 3.63) is 57.0 Å². The number of nitrogens with one attached hydrogen (secondary N) is 1. The van der Waals surface area contributed by atoms with Crippen molar-refractivity contribution in [2.75, 3.05) is 6.54 Å². The molecular weight excluding hydrogens is 350 g/mol. The molecule has 1 unspecified atom stereocenters. The molecule has 0 saturated heterocycles. The van der Waals surface area contributed by atoms with Gasteiger partial charge in [0.1, 0.15) is 11.5 Å². The average molecular weight is 369 g/mol. The summed E-state index contributed by atoms with van der Waals surface area (Å²) in [5, 5.41) is 4.11. The van der Waals surface area contributed by atoms with E-state index in [4.69, 9.17) is 16.3 Å². The van der Waals surface area contributed by atoms with Crippen LogP contribution in [0.1, 0.15) is 31.0 Å². The summed E-state index contributed by atoms with van der Waals surface area (Å²) in [5.74, 6) is 1.61. The van der Waals surface area contributed by atoms with Gasteiger partial charge in [-0.15, -0.1) is 0 Å². The van der Waals surface area contributed by atoms with E-state index in [1.54, 1.807) is 0 Å². The van der Waals surface area contributed by atoms with Gasteiger partial charge in [-0.25, -0.2) is 0 Å². The summed E-state index contributed by atoms with van der Waals surface area (Å²) in [6.07, 6.45) is 0. The Hall–Kier alpha value is -1.03. The summed E-state index contributed by atoms with van der Waals surface area (Å²) in [5.41, 5.74) is 2.24. The molecule has 1 N–H and O–H groups in total. The van der Waals surface area contributed by atoms with Gasteiger partial charge in [0.05, 0.1) is 4.47 Å². The maximum Gasteiger partial charge on any atom is 0.141 e. The highest BCUT2D eigenvalue weighted by molar-refractivity contribution is 9.10. The standard InChI is InChI=1S/C17H19BrClNO/c1-4-20-12(3)13-5-7-17(15(18)10-13)21-16-8-6-14(19)9-11(16)2/h5-10,12,20H,4H2,1-3H3. The highest BCUT2D eigenvalue weighted by atomic mass is 79.9. The van der Waals surface area contributed by atoms with Gasteiger partial charge in [0, 0.05) is 11.1 Å². The van der Waals surface area contributed by atoms with E-state index < -0.39 is 0 Å². The Morgan fingerprint density at radius 2 is 1.90 bits per heavy atom. The van der Waals surface area contributed by atoms with Crippen LogP contribution < -0.4 is 10.1 Å². The first-order valence-electron chi connectivity index (χ1n) is 6.98. The van der Waals surface area contributed by atoms with Crippen molar-refractivity contribution >= 4 is 27.5 Å². The van der Waals surface area contributed by atoms with E-state index in [2.05, 4.69) is 47.2 Å². The van der Waals surface area contributed by atoms with E-state index in [1.807, 2.05) is 31.2 Å². The molecular formula is C17H19BrClNO. The number of aryl methyl sites for hydroxylation is 1. The third-order valence-corrected chi connectivity index (χ3v) is 4.18. The number of ether oxygens (including phenoxy) is 1. The highest BCUT2D eigenvalue weighted by Crippen LogP contribution is 2.34. The second-order valence-corrected chi connectivity index (χ2v) is 6.27. The molecule has 1 atom stereocenters. The first kappa shape index (κ1) is 16.3. The van der Waals surface area contributed by atoms with Crippen molar-refractivity contribution in [3.8, 4) is 11.5 Å². The molecule has 0 bridgehead atoms. The SMILES string of the molecule is CCNC(C)c1ccc(Oc2ccc(Cl)cc2C)c(Br)c1. The Balaban J connectivity index is 2.21. The monoisotopic (exact) mass is 367 g/mol. The average Bonchev–Trinajstić information content (AvgIpc) is 2.44. The first-order valence-corrected chi connectivity index (χ1v) is 8.15. The quantitative estimate of drug-likeness (QED) is 0.712. The lowest BCUT2D eigenvalue weighted by Crippen LogP contribution is -2.17.